The number of nitro groups is 1. The molecule has 1 aliphatic heterocycles. The maximum Gasteiger partial charge on any atom is 0.309 e. The number of rotatable bonds is 8. The largest absolute Gasteiger partial charge is 0.359 e. The molecule has 1 aromatic rings. The highest BCUT2D eigenvalue weighted by molar-refractivity contribution is 7.89. The molecule has 1 saturated heterocycles. The zero-order valence-electron chi connectivity index (χ0n) is 16.0. The van der Waals surface area contributed by atoms with Gasteiger partial charge in [0.05, 0.1) is 23.0 Å². The quantitative estimate of drug-likeness (QED) is 0.295. The van der Waals surface area contributed by atoms with Gasteiger partial charge in [-0.15, -0.1) is 0 Å². The third-order valence-electron chi connectivity index (χ3n) is 4.09. The summed E-state index contributed by atoms with van der Waals surface area (Å²) in [6.45, 7) is 0.800. The normalized spacial score (nSPS) is 17.3. The Morgan fingerprint density at radius 2 is 1.86 bits per heavy atom. The Morgan fingerprint density at radius 1 is 1.24 bits per heavy atom. The summed E-state index contributed by atoms with van der Waals surface area (Å²) < 4.78 is 32.0. The van der Waals surface area contributed by atoms with Crippen LogP contribution in [0.3, 0.4) is 0 Å². The molecule has 0 saturated carbocycles. The second-order valence-electron chi connectivity index (χ2n) is 6.46. The molecule has 0 spiro atoms. The molecular weight excluding hydrogens is 406 g/mol. The van der Waals surface area contributed by atoms with E-state index in [0.29, 0.717) is 13.1 Å². The highest BCUT2D eigenvalue weighted by Crippen LogP contribution is 2.23. The number of carbonyl (C=O) groups excluding carboxylic acids is 2. The molecule has 2 N–H and O–H groups in total. The number of amides is 2. The monoisotopic (exact) mass is 429 g/mol. The number of ether oxygens (including phenoxy) is 1. The first-order chi connectivity index (χ1) is 13.6. The number of nitrogens with one attached hydrogen (secondary N) is 2. The highest BCUT2D eigenvalue weighted by atomic mass is 32.2. The molecular formula is C16H23N5O7S. The smallest absolute Gasteiger partial charge is 0.309 e. The Morgan fingerprint density at radius 3 is 2.45 bits per heavy atom. The fourth-order valence-corrected chi connectivity index (χ4v) is 4.06. The van der Waals surface area contributed by atoms with Crippen molar-refractivity contribution in [3.05, 3.63) is 34.4 Å². The summed E-state index contributed by atoms with van der Waals surface area (Å²) in [4.78, 5) is 35.4. The van der Waals surface area contributed by atoms with Crippen molar-refractivity contribution in [3.63, 3.8) is 0 Å². The minimum Gasteiger partial charge on any atom is -0.359 e. The summed E-state index contributed by atoms with van der Waals surface area (Å²) in [6, 6.07) is 4.47. The number of likely N-dealkylation sites (N-methyl/N-ethyl adjacent to an activating group) is 1. The van der Waals surface area contributed by atoms with E-state index in [-0.39, 0.29) is 30.3 Å². The van der Waals surface area contributed by atoms with Crippen LogP contribution in [0.5, 0.6) is 0 Å². The van der Waals surface area contributed by atoms with Gasteiger partial charge in [0.1, 0.15) is 6.23 Å². The zero-order valence-corrected chi connectivity index (χ0v) is 16.8. The molecule has 1 fully saturated rings. The molecule has 0 aliphatic carbocycles. The van der Waals surface area contributed by atoms with E-state index >= 15 is 0 Å². The molecule has 13 heteroatoms. The minimum atomic E-state index is -3.99. The number of hydrogen-bond acceptors (Lipinski definition) is 8. The van der Waals surface area contributed by atoms with Gasteiger partial charge in [-0.1, -0.05) is 0 Å². The molecule has 1 heterocycles. The van der Waals surface area contributed by atoms with Gasteiger partial charge < -0.3 is 20.3 Å². The lowest BCUT2D eigenvalue weighted by Crippen LogP contribution is -2.48. The molecule has 29 heavy (non-hydrogen) atoms. The van der Waals surface area contributed by atoms with E-state index in [1.54, 1.807) is 0 Å². The average molecular weight is 429 g/mol. The molecule has 12 nitrogen and oxygen atoms in total. The van der Waals surface area contributed by atoms with E-state index in [1.165, 1.54) is 0 Å². The van der Waals surface area contributed by atoms with E-state index in [1.807, 2.05) is 19.0 Å². The van der Waals surface area contributed by atoms with Crippen molar-refractivity contribution in [1.82, 2.24) is 19.8 Å². The summed E-state index contributed by atoms with van der Waals surface area (Å²) in [7, 11) is -0.348. The Bertz CT molecular complexity index is 857. The van der Waals surface area contributed by atoms with Crippen molar-refractivity contribution in [2.45, 2.75) is 11.1 Å². The molecule has 160 valence electrons. The van der Waals surface area contributed by atoms with Crippen LogP contribution in [-0.2, 0) is 24.3 Å². The molecule has 1 aromatic carbocycles. The van der Waals surface area contributed by atoms with Gasteiger partial charge in [0.15, 0.2) is 0 Å². The van der Waals surface area contributed by atoms with Crippen molar-refractivity contribution >= 4 is 27.5 Å². The van der Waals surface area contributed by atoms with Crippen molar-refractivity contribution in [1.29, 1.82) is 0 Å². The van der Waals surface area contributed by atoms with E-state index in [9.17, 15) is 28.1 Å². The van der Waals surface area contributed by atoms with Crippen LogP contribution in [0.25, 0.3) is 0 Å². The Hall–Kier alpha value is -2.61. The van der Waals surface area contributed by atoms with Crippen LogP contribution in [0.15, 0.2) is 29.2 Å². The van der Waals surface area contributed by atoms with Crippen molar-refractivity contribution in [3.8, 4) is 0 Å². The minimum absolute atomic E-state index is 0.0505. The highest BCUT2D eigenvalue weighted by Gasteiger charge is 2.36. The number of non-ortho nitro benzene ring substituents is 1. The van der Waals surface area contributed by atoms with Crippen LogP contribution in [0.2, 0.25) is 0 Å². The van der Waals surface area contributed by atoms with Gasteiger partial charge >= 0.3 is 11.8 Å². The fraction of sp³-hybridized carbons (Fsp3) is 0.500. The van der Waals surface area contributed by atoms with Gasteiger partial charge in [0, 0.05) is 31.8 Å². The van der Waals surface area contributed by atoms with Crippen LogP contribution in [-0.4, -0.2) is 87.5 Å². The molecule has 2 amide bonds. The van der Waals surface area contributed by atoms with Crippen LogP contribution in [0.4, 0.5) is 5.69 Å². The Kier molecular flexibility index (Phi) is 7.61. The lowest BCUT2D eigenvalue weighted by Gasteiger charge is -2.22. The van der Waals surface area contributed by atoms with Crippen LogP contribution >= 0.6 is 0 Å². The molecule has 0 bridgehead atoms. The SMILES string of the molecule is CN(C)CCNC(=O)C(=O)NC[C@H]1OCCN1S(=O)(=O)c1ccc([N+](=O)[O-])cc1. The first kappa shape index (κ1) is 22.7. The van der Waals surface area contributed by atoms with Gasteiger partial charge in [-0.25, -0.2) is 8.42 Å². The van der Waals surface area contributed by atoms with Crippen molar-refractivity contribution in [2.24, 2.45) is 0 Å². The topological polar surface area (TPSA) is 151 Å². The Balaban J connectivity index is 1.97. The van der Waals surface area contributed by atoms with E-state index < -0.39 is 33.0 Å². The number of carbonyl (C=O) groups is 2. The second-order valence-corrected chi connectivity index (χ2v) is 8.35. The number of nitrogens with zero attached hydrogens (tertiary/aromatic N) is 3. The van der Waals surface area contributed by atoms with Crippen LogP contribution in [0, 0.1) is 10.1 Å². The predicted octanol–water partition coefficient (Wildman–Crippen LogP) is -1.26. The molecule has 2 rings (SSSR count). The van der Waals surface area contributed by atoms with Crippen molar-refractivity contribution < 1.29 is 27.7 Å². The molecule has 0 unspecified atom stereocenters. The van der Waals surface area contributed by atoms with Gasteiger partial charge in [-0.2, -0.15) is 4.31 Å². The summed E-state index contributed by atoms with van der Waals surface area (Å²) in [5, 5.41) is 15.5. The third-order valence-corrected chi connectivity index (χ3v) is 5.99. The summed E-state index contributed by atoms with van der Waals surface area (Å²) >= 11 is 0. The maximum atomic E-state index is 12.8. The lowest BCUT2D eigenvalue weighted by atomic mass is 10.3. The maximum absolute atomic E-state index is 12.8. The van der Waals surface area contributed by atoms with E-state index in [0.717, 1.165) is 28.6 Å². The van der Waals surface area contributed by atoms with Crippen LogP contribution < -0.4 is 10.6 Å². The molecule has 1 atom stereocenters. The fourth-order valence-electron chi connectivity index (χ4n) is 2.55. The van der Waals surface area contributed by atoms with Crippen LogP contribution in [0.1, 0.15) is 0 Å². The van der Waals surface area contributed by atoms with E-state index in [4.69, 9.17) is 4.74 Å². The van der Waals surface area contributed by atoms with E-state index in [2.05, 4.69) is 10.6 Å². The summed E-state index contributed by atoms with van der Waals surface area (Å²) in [5.41, 5.74) is -0.231. The summed E-state index contributed by atoms with van der Waals surface area (Å²) in [5.74, 6) is -1.72. The predicted molar refractivity (Wildman–Crippen MR) is 101 cm³/mol. The lowest BCUT2D eigenvalue weighted by molar-refractivity contribution is -0.384. The van der Waals surface area contributed by atoms with Crippen molar-refractivity contribution in [2.75, 3.05) is 46.9 Å². The van der Waals surface area contributed by atoms with Gasteiger partial charge in [-0.05, 0) is 26.2 Å². The Labute approximate surface area is 168 Å². The standard InChI is InChI=1S/C16H23N5O7S/c1-19(2)8-7-17-15(22)16(23)18-11-14-20(9-10-28-14)29(26,27)13-5-3-12(4-6-13)21(24)25/h3-6,14H,7-11H2,1-2H3,(H,17,22)(H,18,23)/t14-/m1/s1. The first-order valence-electron chi connectivity index (χ1n) is 8.71. The number of benzene rings is 1. The zero-order chi connectivity index (χ0) is 21.6. The second kappa shape index (κ2) is 9.73. The number of sulfonamides is 1. The van der Waals surface area contributed by atoms with Gasteiger partial charge in [-0.3, -0.25) is 19.7 Å². The average Bonchev–Trinajstić information content (AvgIpc) is 3.15. The number of hydrogen-bond donors (Lipinski definition) is 2. The molecule has 1 aliphatic rings. The third kappa shape index (κ3) is 5.93. The summed E-state index contributed by atoms with van der Waals surface area (Å²) in [6.07, 6.45) is -0.992. The molecule has 0 aromatic heterocycles. The van der Waals surface area contributed by atoms with Gasteiger partial charge in [0.2, 0.25) is 10.0 Å². The molecule has 0 radical (unpaired) electrons. The first-order valence-corrected chi connectivity index (χ1v) is 10.2. The van der Waals surface area contributed by atoms with Gasteiger partial charge in [0.25, 0.3) is 5.69 Å². The number of nitro benzene ring substituents is 1.